The van der Waals surface area contributed by atoms with Gasteiger partial charge < -0.3 is 14.9 Å². The molecule has 11 heavy (non-hydrogen) atoms. The average Bonchev–Trinajstić information content (AvgIpc) is 2.52. The summed E-state index contributed by atoms with van der Waals surface area (Å²) in [6.07, 6.45) is 2.39. The number of ether oxygens (including phenoxy) is 1. The normalized spacial score (nSPS) is 9.55. The molecule has 0 atom stereocenters. The van der Waals surface area contributed by atoms with E-state index in [0.717, 1.165) is 0 Å². The van der Waals surface area contributed by atoms with Crippen LogP contribution in [0.2, 0.25) is 0 Å². The highest BCUT2D eigenvalue weighted by molar-refractivity contribution is 5.86. The first-order chi connectivity index (χ1) is 5.34. The van der Waals surface area contributed by atoms with Crippen LogP contribution >= 0.6 is 0 Å². The van der Waals surface area contributed by atoms with Gasteiger partial charge in [-0.1, -0.05) is 0 Å². The minimum absolute atomic E-state index is 0.165. The second-order valence-electron chi connectivity index (χ2n) is 1.80. The zero-order valence-electron chi connectivity index (χ0n) is 5.82. The number of carbonyl (C=O) groups is 1. The lowest BCUT2D eigenvalue weighted by molar-refractivity contribution is 0.0510. The lowest BCUT2D eigenvalue weighted by atomic mass is 10.5. The van der Waals surface area contributed by atoms with Crippen LogP contribution in [0.1, 0.15) is 10.5 Å². The van der Waals surface area contributed by atoms with E-state index < -0.39 is 5.97 Å². The van der Waals surface area contributed by atoms with E-state index in [4.69, 9.17) is 5.73 Å². The van der Waals surface area contributed by atoms with Crippen molar-refractivity contribution in [1.29, 1.82) is 0 Å². The zero-order chi connectivity index (χ0) is 8.10. The van der Waals surface area contributed by atoms with Gasteiger partial charge in [0.2, 0.25) is 0 Å². The Hall–Kier alpha value is -1.36. The molecule has 0 unspecified atom stereocenters. The molecule has 1 aromatic heterocycles. The highest BCUT2D eigenvalue weighted by atomic mass is 16.5. The number of esters is 1. The van der Waals surface area contributed by atoms with Crippen molar-refractivity contribution in [2.45, 2.75) is 0 Å². The fourth-order valence-corrected chi connectivity index (χ4v) is 0.539. The summed E-state index contributed by atoms with van der Waals surface area (Å²) in [5, 5.41) is 0. The van der Waals surface area contributed by atoms with Gasteiger partial charge in [0.05, 0.1) is 0 Å². The Morgan fingerprint density at radius 3 is 3.18 bits per heavy atom. The van der Waals surface area contributed by atoms with Gasteiger partial charge in [-0.05, 0) is 0 Å². The van der Waals surface area contributed by atoms with E-state index in [-0.39, 0.29) is 12.3 Å². The molecule has 5 nitrogen and oxygen atoms in total. The molecule has 0 aliphatic heterocycles. The Labute approximate surface area is 63.2 Å². The van der Waals surface area contributed by atoms with Gasteiger partial charge in [0.25, 0.3) is 0 Å². The van der Waals surface area contributed by atoms with Crippen LogP contribution in [0.5, 0.6) is 0 Å². The van der Waals surface area contributed by atoms with Gasteiger partial charge in [-0.15, -0.1) is 0 Å². The number of carbonyl (C=O) groups excluding carboxylic acids is 1. The lowest BCUT2D eigenvalue weighted by Gasteiger charge is -1.97. The first-order valence-corrected chi connectivity index (χ1v) is 3.10. The summed E-state index contributed by atoms with van der Waals surface area (Å²) in [5.41, 5.74) is 5.27. The first-order valence-electron chi connectivity index (χ1n) is 3.10. The van der Waals surface area contributed by atoms with E-state index in [1.165, 1.54) is 12.7 Å². The number of aromatic nitrogens is 1. The third-order valence-electron chi connectivity index (χ3n) is 0.992. The van der Waals surface area contributed by atoms with Crippen molar-refractivity contribution in [3.8, 4) is 0 Å². The van der Waals surface area contributed by atoms with Gasteiger partial charge in [-0.2, -0.15) is 0 Å². The molecule has 2 N–H and O–H groups in total. The zero-order valence-corrected chi connectivity index (χ0v) is 5.82. The summed E-state index contributed by atoms with van der Waals surface area (Å²) in [6.45, 7) is 0.509. The second kappa shape index (κ2) is 3.72. The third-order valence-corrected chi connectivity index (χ3v) is 0.992. The molecule has 1 rings (SSSR count). The summed E-state index contributed by atoms with van der Waals surface area (Å²) >= 11 is 0. The number of rotatable bonds is 3. The fourth-order valence-electron chi connectivity index (χ4n) is 0.539. The van der Waals surface area contributed by atoms with Gasteiger partial charge in [0, 0.05) is 6.54 Å². The summed E-state index contributed by atoms with van der Waals surface area (Å²) < 4.78 is 9.22. The molecule has 0 aliphatic carbocycles. The molecule has 0 radical (unpaired) electrons. The molecular weight excluding hydrogens is 148 g/mol. The Kier molecular flexibility index (Phi) is 2.62. The second-order valence-corrected chi connectivity index (χ2v) is 1.80. The topological polar surface area (TPSA) is 78.4 Å². The Morgan fingerprint density at radius 1 is 1.82 bits per heavy atom. The number of nitrogens with two attached hydrogens (primary N) is 1. The predicted molar refractivity (Wildman–Crippen MR) is 35.8 cm³/mol. The lowest BCUT2D eigenvalue weighted by Crippen LogP contribution is -2.13. The maximum absolute atomic E-state index is 10.9. The van der Waals surface area contributed by atoms with Crippen LogP contribution in [0.4, 0.5) is 0 Å². The maximum atomic E-state index is 10.9. The summed E-state index contributed by atoms with van der Waals surface area (Å²) in [6, 6.07) is 0. The smallest absolute Gasteiger partial charge is 0.360 e. The molecule has 0 aliphatic rings. The van der Waals surface area contributed by atoms with Gasteiger partial charge in [0.1, 0.15) is 12.9 Å². The van der Waals surface area contributed by atoms with E-state index in [2.05, 4.69) is 14.1 Å². The Morgan fingerprint density at radius 2 is 2.64 bits per heavy atom. The van der Waals surface area contributed by atoms with Crippen LogP contribution < -0.4 is 5.73 Å². The molecule has 0 bridgehead atoms. The van der Waals surface area contributed by atoms with E-state index >= 15 is 0 Å². The van der Waals surface area contributed by atoms with Crippen LogP contribution in [0.25, 0.3) is 0 Å². The van der Waals surface area contributed by atoms with Gasteiger partial charge in [-0.25, -0.2) is 9.78 Å². The van der Waals surface area contributed by atoms with E-state index in [0.29, 0.717) is 6.54 Å². The third kappa shape index (κ3) is 2.05. The number of nitrogens with zero attached hydrogens (tertiary/aromatic N) is 1. The molecule has 1 aromatic rings. The van der Waals surface area contributed by atoms with E-state index in [1.807, 2.05) is 0 Å². The summed E-state index contributed by atoms with van der Waals surface area (Å²) in [5.74, 6) is -0.510. The van der Waals surface area contributed by atoms with Crippen LogP contribution in [0, 0.1) is 0 Å². The largest absolute Gasteiger partial charge is 0.460 e. The highest BCUT2D eigenvalue weighted by Crippen LogP contribution is 1.96. The minimum Gasteiger partial charge on any atom is -0.460 e. The SMILES string of the molecule is NCCOC(=O)c1cocn1. The van der Waals surface area contributed by atoms with Gasteiger partial charge in [0.15, 0.2) is 12.1 Å². The standard InChI is InChI=1S/C6H8N2O3/c7-1-2-11-6(9)5-3-10-4-8-5/h3-4H,1-2,7H2. The van der Waals surface area contributed by atoms with Crippen molar-refractivity contribution in [2.24, 2.45) is 5.73 Å². The van der Waals surface area contributed by atoms with Crippen LogP contribution in [-0.4, -0.2) is 24.1 Å². The monoisotopic (exact) mass is 156 g/mol. The quantitative estimate of drug-likeness (QED) is 0.612. The molecule has 1 heterocycles. The molecule has 0 amide bonds. The molecule has 0 saturated heterocycles. The summed E-state index contributed by atoms with van der Waals surface area (Å²) in [7, 11) is 0. The van der Waals surface area contributed by atoms with Crippen molar-refractivity contribution >= 4 is 5.97 Å². The average molecular weight is 156 g/mol. The van der Waals surface area contributed by atoms with Crippen LogP contribution in [0.3, 0.4) is 0 Å². The van der Waals surface area contributed by atoms with Crippen molar-refractivity contribution in [3.05, 3.63) is 18.4 Å². The molecule has 5 heteroatoms. The highest BCUT2D eigenvalue weighted by Gasteiger charge is 2.08. The predicted octanol–water partition coefficient (Wildman–Crippen LogP) is -0.210. The Bertz CT molecular complexity index is 220. The summed E-state index contributed by atoms with van der Waals surface area (Å²) in [4.78, 5) is 14.5. The number of oxazole rings is 1. The fraction of sp³-hybridized carbons (Fsp3) is 0.333. The van der Waals surface area contributed by atoms with Gasteiger partial charge in [-0.3, -0.25) is 0 Å². The van der Waals surface area contributed by atoms with E-state index in [1.54, 1.807) is 0 Å². The van der Waals surface area contributed by atoms with Crippen LogP contribution in [-0.2, 0) is 4.74 Å². The van der Waals surface area contributed by atoms with Crippen molar-refractivity contribution in [1.82, 2.24) is 4.98 Å². The molecule has 0 saturated carbocycles. The Balaban J connectivity index is 2.43. The molecule has 60 valence electrons. The van der Waals surface area contributed by atoms with Crippen LogP contribution in [0.15, 0.2) is 17.1 Å². The maximum Gasteiger partial charge on any atom is 0.360 e. The molecular formula is C6H8N2O3. The van der Waals surface area contributed by atoms with E-state index in [9.17, 15) is 4.79 Å². The first kappa shape index (κ1) is 7.74. The van der Waals surface area contributed by atoms with Gasteiger partial charge >= 0.3 is 5.97 Å². The molecule has 0 spiro atoms. The van der Waals surface area contributed by atoms with Crippen molar-refractivity contribution < 1.29 is 13.9 Å². The van der Waals surface area contributed by atoms with Crippen molar-refractivity contribution in [2.75, 3.05) is 13.2 Å². The number of hydrogen-bond donors (Lipinski definition) is 1. The molecule has 0 fully saturated rings. The minimum atomic E-state index is -0.510. The number of hydrogen-bond acceptors (Lipinski definition) is 5. The molecule has 0 aromatic carbocycles. The van der Waals surface area contributed by atoms with Crippen molar-refractivity contribution in [3.63, 3.8) is 0 Å².